The van der Waals surface area contributed by atoms with Crippen molar-refractivity contribution in [3.8, 4) is 11.5 Å². The molecule has 2 aromatic rings. The lowest BCUT2D eigenvalue weighted by molar-refractivity contribution is 0.140. The number of hydrogen-bond donors (Lipinski definition) is 0. The molecule has 0 aromatic heterocycles. The molecule has 0 radical (unpaired) electrons. The molecular formula is C31H39F5O. The molecule has 0 unspecified atom stereocenters. The number of benzene rings is 2. The Labute approximate surface area is 217 Å². The summed E-state index contributed by atoms with van der Waals surface area (Å²) in [4.78, 5) is 0. The van der Waals surface area contributed by atoms with Gasteiger partial charge in [-0.2, -0.15) is 0 Å². The Bertz CT molecular complexity index is 999. The van der Waals surface area contributed by atoms with Crippen LogP contribution in [0.1, 0.15) is 96.0 Å². The van der Waals surface area contributed by atoms with Gasteiger partial charge in [0.2, 0.25) is 0 Å². The zero-order valence-electron chi connectivity index (χ0n) is 21.8. The van der Waals surface area contributed by atoms with Gasteiger partial charge in [0.05, 0.1) is 0 Å². The van der Waals surface area contributed by atoms with E-state index in [2.05, 4.69) is 6.92 Å². The number of ether oxygens (including phenoxy) is 1. The van der Waals surface area contributed by atoms with E-state index in [0.29, 0.717) is 24.5 Å². The molecule has 2 aliphatic rings. The summed E-state index contributed by atoms with van der Waals surface area (Å²) in [6.07, 6.45) is 16.4. The second kappa shape index (κ2) is 13.1. The summed E-state index contributed by atoms with van der Waals surface area (Å²) in [7, 11) is 0. The standard InChI is InChI=1S/C31H39F5O/c1-2-3-4-5-20-6-11-22(12-7-20)23-13-8-21(9-14-23)10-15-25-26(32)16-17-29(30(25)35)37-24-18-27(33)31(36)28(34)19-24/h16-23H,2-15H2,1H3. The maximum Gasteiger partial charge on any atom is 0.194 e. The quantitative estimate of drug-likeness (QED) is 0.171. The topological polar surface area (TPSA) is 9.23 Å². The smallest absolute Gasteiger partial charge is 0.194 e. The van der Waals surface area contributed by atoms with Gasteiger partial charge in [-0.3, -0.25) is 0 Å². The third-order valence-corrected chi connectivity index (χ3v) is 8.80. The molecule has 6 heteroatoms. The lowest BCUT2D eigenvalue weighted by Gasteiger charge is -2.38. The van der Waals surface area contributed by atoms with Crippen molar-refractivity contribution in [2.45, 2.75) is 96.8 Å². The lowest BCUT2D eigenvalue weighted by atomic mass is 9.68. The van der Waals surface area contributed by atoms with Gasteiger partial charge in [-0.25, -0.2) is 22.0 Å². The summed E-state index contributed by atoms with van der Waals surface area (Å²) in [5.74, 6) is -3.78. The van der Waals surface area contributed by atoms with Crippen molar-refractivity contribution in [3.05, 3.63) is 58.9 Å². The zero-order valence-corrected chi connectivity index (χ0v) is 21.8. The summed E-state index contributed by atoms with van der Waals surface area (Å²) in [5, 5.41) is 0. The number of halogens is 5. The lowest BCUT2D eigenvalue weighted by Crippen LogP contribution is -2.26. The Morgan fingerprint density at radius 1 is 0.676 bits per heavy atom. The van der Waals surface area contributed by atoms with Gasteiger partial charge in [-0.1, -0.05) is 58.3 Å². The molecule has 2 aromatic carbocycles. The number of rotatable bonds is 10. The Kier molecular flexibility index (Phi) is 9.89. The van der Waals surface area contributed by atoms with Crippen LogP contribution in [0.2, 0.25) is 0 Å². The predicted octanol–water partition coefficient (Wildman–Crippen LogP) is 10.3. The minimum atomic E-state index is -1.63. The molecule has 2 aliphatic carbocycles. The molecule has 0 bridgehead atoms. The highest BCUT2D eigenvalue weighted by Gasteiger charge is 2.31. The number of unbranched alkanes of at least 4 members (excludes halogenated alkanes) is 2. The van der Waals surface area contributed by atoms with Crippen LogP contribution in [0.15, 0.2) is 24.3 Å². The van der Waals surface area contributed by atoms with Crippen molar-refractivity contribution in [1.82, 2.24) is 0 Å². The molecule has 1 nitrogen and oxygen atoms in total. The van der Waals surface area contributed by atoms with Gasteiger partial charge < -0.3 is 4.74 Å². The third-order valence-electron chi connectivity index (χ3n) is 8.80. The van der Waals surface area contributed by atoms with E-state index in [9.17, 15) is 17.6 Å². The monoisotopic (exact) mass is 522 g/mol. The van der Waals surface area contributed by atoms with Crippen molar-refractivity contribution in [3.63, 3.8) is 0 Å². The summed E-state index contributed by atoms with van der Waals surface area (Å²) < 4.78 is 74.9. The first kappa shape index (κ1) is 27.9. The van der Waals surface area contributed by atoms with Crippen LogP contribution in [0.25, 0.3) is 0 Å². The fraction of sp³-hybridized carbons (Fsp3) is 0.613. The first-order valence-electron chi connectivity index (χ1n) is 14.1. The Balaban J connectivity index is 1.26. The maximum atomic E-state index is 15.1. The van der Waals surface area contributed by atoms with Crippen molar-refractivity contribution in [2.24, 2.45) is 23.7 Å². The molecule has 2 saturated carbocycles. The molecule has 0 atom stereocenters. The van der Waals surface area contributed by atoms with Gasteiger partial charge in [-0.15, -0.1) is 0 Å². The van der Waals surface area contributed by atoms with Crippen LogP contribution in [0.4, 0.5) is 22.0 Å². The molecule has 0 amide bonds. The van der Waals surface area contributed by atoms with Crippen molar-refractivity contribution in [2.75, 3.05) is 0 Å². The highest BCUT2D eigenvalue weighted by Crippen LogP contribution is 2.43. The van der Waals surface area contributed by atoms with Crippen LogP contribution in [-0.4, -0.2) is 0 Å². The van der Waals surface area contributed by atoms with E-state index in [1.165, 1.54) is 64.2 Å². The van der Waals surface area contributed by atoms with E-state index in [-0.39, 0.29) is 23.5 Å². The minimum absolute atomic E-state index is 0.0796. The maximum absolute atomic E-state index is 15.1. The second-order valence-electron chi connectivity index (χ2n) is 11.2. The van der Waals surface area contributed by atoms with Crippen molar-refractivity contribution >= 4 is 0 Å². The SMILES string of the molecule is CCCCCC1CCC(C2CCC(CCc3c(F)ccc(Oc4cc(F)c(F)c(F)c4)c3F)CC2)CC1. The molecule has 0 aliphatic heterocycles. The van der Waals surface area contributed by atoms with Crippen LogP contribution >= 0.6 is 0 Å². The van der Waals surface area contributed by atoms with E-state index < -0.39 is 29.1 Å². The fourth-order valence-electron chi connectivity index (χ4n) is 6.53. The van der Waals surface area contributed by atoms with Gasteiger partial charge in [0.1, 0.15) is 11.6 Å². The molecule has 0 N–H and O–H groups in total. The van der Waals surface area contributed by atoms with Crippen LogP contribution < -0.4 is 4.74 Å². The normalized spacial score (nSPS) is 24.3. The summed E-state index contributed by atoms with van der Waals surface area (Å²) in [6.45, 7) is 2.26. The van der Waals surface area contributed by atoms with Crippen molar-refractivity contribution < 1.29 is 26.7 Å². The van der Waals surface area contributed by atoms with E-state index in [4.69, 9.17) is 4.74 Å². The molecular weight excluding hydrogens is 483 g/mol. The highest BCUT2D eigenvalue weighted by atomic mass is 19.2. The van der Waals surface area contributed by atoms with E-state index in [1.54, 1.807) is 0 Å². The molecule has 37 heavy (non-hydrogen) atoms. The molecule has 2 fully saturated rings. The molecule has 0 heterocycles. The van der Waals surface area contributed by atoms with Crippen LogP contribution in [-0.2, 0) is 6.42 Å². The molecule has 0 spiro atoms. The number of hydrogen-bond acceptors (Lipinski definition) is 1. The van der Waals surface area contributed by atoms with Crippen LogP contribution in [0.5, 0.6) is 11.5 Å². The largest absolute Gasteiger partial charge is 0.454 e. The van der Waals surface area contributed by atoms with Crippen LogP contribution in [0, 0.1) is 52.8 Å². The van der Waals surface area contributed by atoms with Gasteiger partial charge in [-0.05, 0) is 74.3 Å². The van der Waals surface area contributed by atoms with Crippen molar-refractivity contribution in [1.29, 1.82) is 0 Å². The van der Waals surface area contributed by atoms with E-state index >= 15 is 4.39 Å². The zero-order chi connectivity index (χ0) is 26.4. The average molecular weight is 523 g/mol. The Hall–Kier alpha value is -2.11. The molecule has 204 valence electrons. The minimum Gasteiger partial charge on any atom is -0.454 e. The highest BCUT2D eigenvalue weighted by molar-refractivity contribution is 5.37. The fourth-order valence-corrected chi connectivity index (χ4v) is 6.53. The molecule has 0 saturated heterocycles. The first-order valence-corrected chi connectivity index (χ1v) is 14.1. The van der Waals surface area contributed by atoms with Crippen LogP contribution in [0.3, 0.4) is 0 Å². The summed E-state index contributed by atoms with van der Waals surface area (Å²) >= 11 is 0. The predicted molar refractivity (Wildman–Crippen MR) is 136 cm³/mol. The summed E-state index contributed by atoms with van der Waals surface area (Å²) in [6, 6.07) is 3.45. The van der Waals surface area contributed by atoms with Gasteiger partial charge >= 0.3 is 0 Å². The third kappa shape index (κ3) is 7.26. The summed E-state index contributed by atoms with van der Waals surface area (Å²) in [5.41, 5.74) is -0.0796. The molecule has 4 rings (SSSR count). The van der Waals surface area contributed by atoms with Gasteiger partial charge in [0, 0.05) is 17.7 Å². The average Bonchev–Trinajstić information content (AvgIpc) is 2.90. The van der Waals surface area contributed by atoms with Gasteiger partial charge in [0.15, 0.2) is 29.0 Å². The first-order chi connectivity index (χ1) is 17.9. The Morgan fingerprint density at radius 2 is 1.24 bits per heavy atom. The van der Waals surface area contributed by atoms with E-state index in [0.717, 1.165) is 42.7 Å². The second-order valence-corrected chi connectivity index (χ2v) is 11.2. The Morgan fingerprint density at radius 3 is 1.81 bits per heavy atom. The van der Waals surface area contributed by atoms with E-state index in [1.807, 2.05) is 0 Å². The van der Waals surface area contributed by atoms with Gasteiger partial charge in [0.25, 0.3) is 0 Å².